The van der Waals surface area contributed by atoms with Crippen molar-refractivity contribution in [3.05, 3.63) is 96.4 Å². The van der Waals surface area contributed by atoms with Crippen molar-refractivity contribution in [2.24, 2.45) is 0 Å². The number of rotatable bonds is 9. The molecule has 0 bridgehead atoms. The van der Waals surface area contributed by atoms with Gasteiger partial charge in [-0.1, -0.05) is 36.4 Å². The number of anilines is 2. The summed E-state index contributed by atoms with van der Waals surface area (Å²) in [6.45, 7) is 2.65. The SMILES string of the molecule is COc1cccc(OC)c1CNc1ccc2c(c1)ncn2-c1ccnc(N[C@@H](C)c2ccccc2)n1. The second-order valence-corrected chi connectivity index (χ2v) is 8.33. The number of ether oxygens (including phenoxy) is 2. The van der Waals surface area contributed by atoms with Gasteiger partial charge in [-0.2, -0.15) is 4.98 Å². The van der Waals surface area contributed by atoms with E-state index in [0.29, 0.717) is 12.5 Å². The van der Waals surface area contributed by atoms with Gasteiger partial charge in [0.25, 0.3) is 0 Å². The van der Waals surface area contributed by atoms with Gasteiger partial charge in [-0.05, 0) is 48.9 Å². The maximum atomic E-state index is 5.50. The minimum absolute atomic E-state index is 0.0801. The summed E-state index contributed by atoms with van der Waals surface area (Å²) in [5.41, 5.74) is 4.89. The Morgan fingerprint density at radius 2 is 1.67 bits per heavy atom. The highest BCUT2D eigenvalue weighted by Crippen LogP contribution is 2.29. The van der Waals surface area contributed by atoms with E-state index in [1.807, 2.05) is 65.2 Å². The van der Waals surface area contributed by atoms with E-state index in [2.05, 4.69) is 39.7 Å². The van der Waals surface area contributed by atoms with E-state index in [0.717, 1.165) is 39.6 Å². The first kappa shape index (κ1) is 23.2. The number of fused-ring (bicyclic) bond motifs is 1. The molecule has 0 saturated carbocycles. The van der Waals surface area contributed by atoms with Crippen molar-refractivity contribution < 1.29 is 9.47 Å². The van der Waals surface area contributed by atoms with Gasteiger partial charge < -0.3 is 20.1 Å². The number of nitrogens with zero attached hydrogens (tertiary/aromatic N) is 4. The number of nitrogens with one attached hydrogen (secondary N) is 2. The van der Waals surface area contributed by atoms with Crippen molar-refractivity contribution in [1.82, 2.24) is 19.5 Å². The Labute approximate surface area is 210 Å². The molecule has 0 aliphatic carbocycles. The maximum absolute atomic E-state index is 5.50. The normalized spacial score (nSPS) is 11.8. The molecule has 0 unspecified atom stereocenters. The second kappa shape index (κ2) is 10.4. The topological polar surface area (TPSA) is 86.1 Å². The molecule has 0 saturated heterocycles. The fourth-order valence-corrected chi connectivity index (χ4v) is 4.17. The Hall–Kier alpha value is -4.59. The van der Waals surface area contributed by atoms with Crippen molar-refractivity contribution in [3.8, 4) is 17.3 Å². The zero-order valence-electron chi connectivity index (χ0n) is 20.5. The Bertz CT molecular complexity index is 1450. The molecule has 3 aromatic carbocycles. The average molecular weight is 481 g/mol. The first-order valence-corrected chi connectivity index (χ1v) is 11.7. The lowest BCUT2D eigenvalue weighted by Crippen LogP contribution is -2.10. The maximum Gasteiger partial charge on any atom is 0.225 e. The lowest BCUT2D eigenvalue weighted by atomic mass is 10.1. The molecule has 36 heavy (non-hydrogen) atoms. The van der Waals surface area contributed by atoms with Crippen LogP contribution in [0.15, 0.2) is 85.3 Å². The van der Waals surface area contributed by atoms with Gasteiger partial charge in [-0.25, -0.2) is 9.97 Å². The van der Waals surface area contributed by atoms with Crippen LogP contribution >= 0.6 is 0 Å². The first-order valence-electron chi connectivity index (χ1n) is 11.7. The molecule has 5 rings (SSSR count). The predicted molar refractivity (Wildman–Crippen MR) is 142 cm³/mol. The lowest BCUT2D eigenvalue weighted by molar-refractivity contribution is 0.386. The second-order valence-electron chi connectivity index (χ2n) is 8.33. The van der Waals surface area contributed by atoms with Crippen LogP contribution in [0.25, 0.3) is 16.9 Å². The van der Waals surface area contributed by atoms with E-state index in [1.54, 1.807) is 26.7 Å². The summed E-state index contributed by atoms with van der Waals surface area (Å²) in [4.78, 5) is 13.7. The molecule has 2 N–H and O–H groups in total. The molecular formula is C28H28N6O2. The summed E-state index contributed by atoms with van der Waals surface area (Å²) >= 11 is 0. The van der Waals surface area contributed by atoms with Crippen LogP contribution < -0.4 is 20.1 Å². The van der Waals surface area contributed by atoms with Crippen molar-refractivity contribution in [3.63, 3.8) is 0 Å². The van der Waals surface area contributed by atoms with Gasteiger partial charge in [0, 0.05) is 18.4 Å². The van der Waals surface area contributed by atoms with Gasteiger partial charge in [-0.15, -0.1) is 0 Å². The number of hydrogen-bond donors (Lipinski definition) is 2. The molecule has 8 heteroatoms. The highest BCUT2D eigenvalue weighted by Gasteiger charge is 2.12. The molecule has 2 heterocycles. The fraction of sp³-hybridized carbons (Fsp3) is 0.179. The van der Waals surface area contributed by atoms with Crippen molar-refractivity contribution >= 4 is 22.7 Å². The average Bonchev–Trinajstić information content (AvgIpc) is 3.35. The van der Waals surface area contributed by atoms with E-state index in [1.165, 1.54) is 5.56 Å². The van der Waals surface area contributed by atoms with E-state index >= 15 is 0 Å². The van der Waals surface area contributed by atoms with Crippen molar-refractivity contribution in [1.29, 1.82) is 0 Å². The first-order chi connectivity index (χ1) is 17.7. The van der Waals surface area contributed by atoms with Gasteiger partial charge in [0.05, 0.1) is 36.9 Å². The van der Waals surface area contributed by atoms with Gasteiger partial charge in [0.1, 0.15) is 23.6 Å². The third kappa shape index (κ3) is 4.79. The van der Waals surface area contributed by atoms with Crippen molar-refractivity contribution in [2.75, 3.05) is 24.9 Å². The van der Waals surface area contributed by atoms with Gasteiger partial charge in [-0.3, -0.25) is 4.57 Å². The minimum atomic E-state index is 0.0801. The third-order valence-corrected chi connectivity index (χ3v) is 6.08. The van der Waals surface area contributed by atoms with Gasteiger partial charge >= 0.3 is 0 Å². The van der Waals surface area contributed by atoms with Crippen LogP contribution in [0.5, 0.6) is 11.5 Å². The molecule has 0 aliphatic rings. The number of methoxy groups -OCH3 is 2. The van der Waals surface area contributed by atoms with Crippen LogP contribution in [0.4, 0.5) is 11.6 Å². The number of benzene rings is 3. The molecule has 2 aromatic heterocycles. The Morgan fingerprint density at radius 3 is 2.42 bits per heavy atom. The summed E-state index contributed by atoms with van der Waals surface area (Å²) in [5, 5.41) is 6.84. The van der Waals surface area contributed by atoms with Gasteiger partial charge in [0.2, 0.25) is 5.95 Å². The molecule has 0 fully saturated rings. The summed E-state index contributed by atoms with van der Waals surface area (Å²) in [6, 6.07) is 24.0. The summed E-state index contributed by atoms with van der Waals surface area (Å²) in [6.07, 6.45) is 3.54. The number of hydrogen-bond acceptors (Lipinski definition) is 7. The zero-order valence-corrected chi connectivity index (χ0v) is 20.5. The predicted octanol–water partition coefficient (Wildman–Crippen LogP) is 5.62. The minimum Gasteiger partial charge on any atom is -0.496 e. The molecule has 0 spiro atoms. The van der Waals surface area contributed by atoms with Crippen LogP contribution in [0, 0.1) is 0 Å². The molecule has 8 nitrogen and oxygen atoms in total. The highest BCUT2D eigenvalue weighted by atomic mass is 16.5. The lowest BCUT2D eigenvalue weighted by Gasteiger charge is -2.15. The van der Waals surface area contributed by atoms with Crippen LogP contribution in [0.2, 0.25) is 0 Å². The highest BCUT2D eigenvalue weighted by molar-refractivity contribution is 5.81. The van der Waals surface area contributed by atoms with Crippen LogP contribution in [0.3, 0.4) is 0 Å². The third-order valence-electron chi connectivity index (χ3n) is 6.08. The van der Waals surface area contributed by atoms with Crippen LogP contribution in [-0.2, 0) is 6.54 Å². The smallest absolute Gasteiger partial charge is 0.225 e. The van der Waals surface area contributed by atoms with Crippen LogP contribution in [-0.4, -0.2) is 33.7 Å². The number of imidazole rings is 1. The molecule has 0 aliphatic heterocycles. The largest absolute Gasteiger partial charge is 0.496 e. The monoisotopic (exact) mass is 480 g/mol. The van der Waals surface area contributed by atoms with E-state index in [9.17, 15) is 0 Å². The molecule has 1 atom stereocenters. The van der Waals surface area contributed by atoms with Crippen LogP contribution in [0.1, 0.15) is 24.1 Å². The summed E-state index contributed by atoms with van der Waals surface area (Å²) < 4.78 is 13.0. The summed E-state index contributed by atoms with van der Waals surface area (Å²) in [5.74, 6) is 2.87. The quantitative estimate of drug-likeness (QED) is 0.283. The Morgan fingerprint density at radius 1 is 0.889 bits per heavy atom. The zero-order chi connectivity index (χ0) is 24.9. The Balaban J connectivity index is 1.35. The van der Waals surface area contributed by atoms with E-state index in [4.69, 9.17) is 14.5 Å². The molecule has 182 valence electrons. The van der Waals surface area contributed by atoms with E-state index < -0.39 is 0 Å². The fourth-order valence-electron chi connectivity index (χ4n) is 4.17. The number of aromatic nitrogens is 4. The van der Waals surface area contributed by atoms with Gasteiger partial charge in [0.15, 0.2) is 0 Å². The van der Waals surface area contributed by atoms with E-state index in [-0.39, 0.29) is 6.04 Å². The Kier molecular flexibility index (Phi) is 6.66. The molecule has 0 radical (unpaired) electrons. The van der Waals surface area contributed by atoms with Crippen molar-refractivity contribution in [2.45, 2.75) is 19.5 Å². The summed E-state index contributed by atoms with van der Waals surface area (Å²) in [7, 11) is 3.32. The molecular weight excluding hydrogens is 452 g/mol. The molecule has 5 aromatic rings. The standard InChI is InChI=1S/C28H28N6O2/c1-19(20-8-5-4-6-9-20)32-28-29-15-14-27(33-28)34-18-31-23-16-21(12-13-24(23)34)30-17-22-25(35-2)10-7-11-26(22)36-3/h4-16,18-19,30H,17H2,1-3H3,(H,29,32,33)/t19-/m0/s1. The molecule has 0 amide bonds.